The molecular formula is C16H22BrN3O. The first kappa shape index (κ1) is 16.0. The van der Waals surface area contributed by atoms with Gasteiger partial charge in [-0.05, 0) is 50.2 Å². The van der Waals surface area contributed by atoms with Crippen LogP contribution in [0.25, 0.3) is 0 Å². The van der Waals surface area contributed by atoms with Crippen molar-refractivity contribution in [3.05, 3.63) is 46.2 Å². The zero-order valence-corrected chi connectivity index (χ0v) is 14.4. The quantitative estimate of drug-likeness (QED) is 0.821. The molecule has 1 unspecified atom stereocenters. The predicted octanol–water partition coefficient (Wildman–Crippen LogP) is 3.92. The summed E-state index contributed by atoms with van der Waals surface area (Å²) in [6, 6.07) is 8.47. The van der Waals surface area contributed by atoms with Crippen molar-refractivity contribution in [1.82, 2.24) is 15.1 Å². The lowest BCUT2D eigenvalue weighted by Gasteiger charge is -2.10. The van der Waals surface area contributed by atoms with Crippen LogP contribution in [0.4, 0.5) is 0 Å². The fraction of sp³-hybridized carbons (Fsp3) is 0.438. The summed E-state index contributed by atoms with van der Waals surface area (Å²) in [7, 11) is 1.93. The molecule has 2 rings (SSSR count). The summed E-state index contributed by atoms with van der Waals surface area (Å²) in [6.07, 6.45) is 3.09. The number of hydrogen-bond acceptors (Lipinski definition) is 3. The molecular weight excluding hydrogens is 330 g/mol. The van der Waals surface area contributed by atoms with E-state index in [2.05, 4.69) is 40.2 Å². The van der Waals surface area contributed by atoms with Gasteiger partial charge in [0, 0.05) is 23.3 Å². The third kappa shape index (κ3) is 4.32. The van der Waals surface area contributed by atoms with Gasteiger partial charge in [-0.25, -0.2) is 0 Å². The lowest BCUT2D eigenvalue weighted by molar-refractivity contribution is 0.297. The molecule has 1 aromatic carbocycles. The van der Waals surface area contributed by atoms with E-state index in [1.165, 1.54) is 5.56 Å². The van der Waals surface area contributed by atoms with Crippen molar-refractivity contribution in [2.24, 2.45) is 0 Å². The summed E-state index contributed by atoms with van der Waals surface area (Å²) in [6.45, 7) is 5.62. The lowest BCUT2D eigenvalue weighted by atomic mass is 10.2. The Morgan fingerprint density at radius 3 is 2.90 bits per heavy atom. The summed E-state index contributed by atoms with van der Waals surface area (Å²) >= 11 is 3.54. The van der Waals surface area contributed by atoms with Gasteiger partial charge in [0.05, 0.1) is 5.69 Å². The van der Waals surface area contributed by atoms with Gasteiger partial charge in [0.1, 0.15) is 12.4 Å². The summed E-state index contributed by atoms with van der Waals surface area (Å²) in [5.74, 6) is 0.863. The van der Waals surface area contributed by atoms with Crippen molar-refractivity contribution in [2.75, 3.05) is 7.05 Å². The van der Waals surface area contributed by atoms with E-state index < -0.39 is 0 Å². The molecule has 114 valence electrons. The Bertz CT molecular complexity index is 583. The molecule has 0 aliphatic carbocycles. The minimum absolute atomic E-state index is 0.425. The highest BCUT2D eigenvalue weighted by atomic mass is 79.9. The van der Waals surface area contributed by atoms with Gasteiger partial charge < -0.3 is 10.1 Å². The fourth-order valence-electron chi connectivity index (χ4n) is 2.01. The van der Waals surface area contributed by atoms with E-state index in [9.17, 15) is 0 Å². The van der Waals surface area contributed by atoms with E-state index in [4.69, 9.17) is 4.74 Å². The summed E-state index contributed by atoms with van der Waals surface area (Å²) in [5, 5.41) is 7.69. The average Bonchev–Trinajstić information content (AvgIpc) is 2.96. The number of rotatable bonds is 7. The van der Waals surface area contributed by atoms with Crippen molar-refractivity contribution in [3.63, 3.8) is 0 Å². The van der Waals surface area contributed by atoms with Crippen LogP contribution in [0.2, 0.25) is 0 Å². The minimum Gasteiger partial charge on any atom is -0.487 e. The number of benzene rings is 1. The van der Waals surface area contributed by atoms with Crippen LogP contribution in [0.15, 0.2) is 34.9 Å². The Hall–Kier alpha value is -1.33. The zero-order chi connectivity index (χ0) is 15.2. The van der Waals surface area contributed by atoms with Crippen molar-refractivity contribution in [3.8, 4) is 5.75 Å². The molecule has 2 aromatic rings. The van der Waals surface area contributed by atoms with E-state index in [1.807, 2.05) is 42.2 Å². The van der Waals surface area contributed by atoms with Gasteiger partial charge in [0.15, 0.2) is 0 Å². The van der Waals surface area contributed by atoms with Gasteiger partial charge in [0.2, 0.25) is 0 Å². The van der Waals surface area contributed by atoms with Gasteiger partial charge >= 0.3 is 0 Å². The number of nitrogens with one attached hydrogen (secondary N) is 1. The van der Waals surface area contributed by atoms with Crippen molar-refractivity contribution >= 4 is 15.9 Å². The third-order valence-corrected chi connectivity index (χ3v) is 4.25. The highest BCUT2D eigenvalue weighted by Crippen LogP contribution is 2.23. The second-order valence-electron chi connectivity index (χ2n) is 5.12. The molecule has 4 nitrogen and oxygen atoms in total. The van der Waals surface area contributed by atoms with E-state index in [0.29, 0.717) is 12.6 Å². The monoisotopic (exact) mass is 351 g/mol. The molecule has 0 spiro atoms. The number of hydrogen-bond donors (Lipinski definition) is 1. The minimum atomic E-state index is 0.425. The number of ether oxygens (including phenoxy) is 1. The van der Waals surface area contributed by atoms with Crippen LogP contribution in [0.3, 0.4) is 0 Å². The van der Waals surface area contributed by atoms with E-state index in [-0.39, 0.29) is 0 Å². The van der Waals surface area contributed by atoms with Crippen molar-refractivity contribution in [2.45, 2.75) is 39.5 Å². The second kappa shape index (κ2) is 7.61. The van der Waals surface area contributed by atoms with Gasteiger partial charge in [0.25, 0.3) is 0 Å². The largest absolute Gasteiger partial charge is 0.487 e. The number of aromatic nitrogens is 2. The second-order valence-corrected chi connectivity index (χ2v) is 5.97. The van der Waals surface area contributed by atoms with E-state index in [1.54, 1.807) is 0 Å². The average molecular weight is 352 g/mol. The molecule has 0 saturated carbocycles. The Balaban J connectivity index is 1.99. The molecule has 0 aliphatic rings. The van der Waals surface area contributed by atoms with Gasteiger partial charge in [-0.1, -0.05) is 22.9 Å². The van der Waals surface area contributed by atoms with E-state index >= 15 is 0 Å². The first-order valence-electron chi connectivity index (χ1n) is 7.24. The number of halogens is 1. The molecule has 0 fully saturated rings. The van der Waals surface area contributed by atoms with Crippen molar-refractivity contribution in [1.29, 1.82) is 0 Å². The smallest absolute Gasteiger partial charge is 0.132 e. The molecule has 1 aromatic heterocycles. The first-order valence-corrected chi connectivity index (χ1v) is 8.03. The SMILES string of the molecule is CCC(C)n1ccc(COc2ccc(Br)c(CNC)c2)n1. The third-order valence-electron chi connectivity index (χ3n) is 3.48. The van der Waals surface area contributed by atoms with Gasteiger partial charge in [-0.3, -0.25) is 4.68 Å². The zero-order valence-electron chi connectivity index (χ0n) is 12.8. The molecule has 0 aliphatic heterocycles. The maximum atomic E-state index is 5.84. The van der Waals surface area contributed by atoms with Crippen LogP contribution in [0, 0.1) is 0 Å². The summed E-state index contributed by atoms with van der Waals surface area (Å²) in [5.41, 5.74) is 2.13. The summed E-state index contributed by atoms with van der Waals surface area (Å²) in [4.78, 5) is 0. The topological polar surface area (TPSA) is 39.1 Å². The first-order chi connectivity index (χ1) is 10.1. The maximum absolute atomic E-state index is 5.84. The van der Waals surface area contributed by atoms with Crippen LogP contribution in [-0.4, -0.2) is 16.8 Å². The predicted molar refractivity (Wildman–Crippen MR) is 88.5 cm³/mol. The highest BCUT2D eigenvalue weighted by molar-refractivity contribution is 9.10. The molecule has 0 amide bonds. The molecule has 0 saturated heterocycles. The number of nitrogens with zero attached hydrogens (tertiary/aromatic N) is 2. The normalized spacial score (nSPS) is 12.4. The summed E-state index contributed by atoms with van der Waals surface area (Å²) < 4.78 is 8.92. The van der Waals surface area contributed by atoms with E-state index in [0.717, 1.165) is 28.9 Å². The highest BCUT2D eigenvalue weighted by Gasteiger charge is 2.06. The standard InChI is InChI=1S/C16H22BrN3O/c1-4-12(2)20-8-7-14(19-20)11-21-15-5-6-16(17)13(9-15)10-18-3/h5-9,12,18H,4,10-11H2,1-3H3. The lowest BCUT2D eigenvalue weighted by Crippen LogP contribution is -2.07. The Kier molecular flexibility index (Phi) is 5.82. The molecule has 5 heteroatoms. The van der Waals surface area contributed by atoms with Gasteiger partial charge in [-0.2, -0.15) is 5.10 Å². The van der Waals surface area contributed by atoms with Crippen molar-refractivity contribution < 1.29 is 4.74 Å². The molecule has 0 radical (unpaired) electrons. The van der Waals surface area contributed by atoms with Crippen LogP contribution in [0.5, 0.6) is 5.75 Å². The Morgan fingerprint density at radius 1 is 1.38 bits per heavy atom. The molecule has 21 heavy (non-hydrogen) atoms. The van der Waals surface area contributed by atoms with Gasteiger partial charge in [-0.15, -0.1) is 0 Å². The van der Waals surface area contributed by atoms with Crippen LogP contribution < -0.4 is 10.1 Å². The van der Waals surface area contributed by atoms with Crippen LogP contribution in [0.1, 0.15) is 37.6 Å². The Labute approximate surface area is 134 Å². The van der Waals surface area contributed by atoms with Crippen LogP contribution in [-0.2, 0) is 13.2 Å². The molecule has 1 N–H and O–H groups in total. The van der Waals surface area contributed by atoms with Crippen LogP contribution >= 0.6 is 15.9 Å². The fourth-order valence-corrected chi connectivity index (χ4v) is 2.40. The molecule has 1 atom stereocenters. The Morgan fingerprint density at radius 2 is 2.19 bits per heavy atom. The molecule has 1 heterocycles. The maximum Gasteiger partial charge on any atom is 0.132 e. The molecule has 0 bridgehead atoms.